The Kier molecular flexibility index (Phi) is 6.38. The zero-order valence-electron chi connectivity index (χ0n) is 14.0. The quantitative estimate of drug-likeness (QED) is 0.520. The van der Waals surface area contributed by atoms with Crippen molar-refractivity contribution >= 4 is 11.9 Å². The van der Waals surface area contributed by atoms with Crippen LogP contribution in [0.4, 0.5) is 0 Å². The minimum absolute atomic E-state index is 0.139. The summed E-state index contributed by atoms with van der Waals surface area (Å²) in [6, 6.07) is 3.07. The monoisotopic (exact) mass is 354 g/mol. The van der Waals surface area contributed by atoms with Crippen LogP contribution in [0.5, 0.6) is 17.2 Å². The number of ether oxygens (including phenoxy) is 3. The molecule has 1 aliphatic heterocycles. The molecule has 0 saturated carbocycles. The molecule has 0 amide bonds. The van der Waals surface area contributed by atoms with Crippen molar-refractivity contribution < 1.29 is 39.4 Å². The summed E-state index contributed by atoms with van der Waals surface area (Å²) in [5.41, 5.74) is 0.570. The number of phenolic OH excluding ortho intramolecular Hbond substituents is 1. The smallest absolute Gasteiger partial charge is 0.200 e. The zero-order valence-corrected chi connectivity index (χ0v) is 14.0. The Morgan fingerprint density at radius 1 is 1.20 bits per heavy atom. The molecule has 0 spiro atoms. The highest BCUT2D eigenvalue weighted by atomic mass is 16.5. The van der Waals surface area contributed by atoms with Crippen LogP contribution in [0.1, 0.15) is 12.0 Å². The van der Waals surface area contributed by atoms with Crippen molar-refractivity contribution in [2.45, 2.75) is 30.8 Å². The standard InChI is InChI=1S/C17H22O8/c1-23-12-5-9(6-13(24-2)16(12)21)3-4-10(18)7-14-17(22)15(20)11(19)8-25-14/h3-6,11,14-15,17,19-22H,7-8H2,1-2H3/t11-,14?,15+,17+/m1/s1. The summed E-state index contributed by atoms with van der Waals surface area (Å²) < 4.78 is 15.3. The normalized spacial score (nSPS) is 26.6. The second-order valence-corrected chi connectivity index (χ2v) is 5.70. The van der Waals surface area contributed by atoms with E-state index in [2.05, 4.69) is 0 Å². The third-order valence-corrected chi connectivity index (χ3v) is 3.97. The van der Waals surface area contributed by atoms with Crippen LogP contribution >= 0.6 is 0 Å². The molecule has 25 heavy (non-hydrogen) atoms. The summed E-state index contributed by atoms with van der Waals surface area (Å²) >= 11 is 0. The first-order valence-corrected chi connectivity index (χ1v) is 7.69. The molecule has 0 bridgehead atoms. The number of allylic oxidation sites excluding steroid dienone is 1. The molecule has 4 N–H and O–H groups in total. The van der Waals surface area contributed by atoms with E-state index in [0.717, 1.165) is 0 Å². The van der Waals surface area contributed by atoms with E-state index in [0.29, 0.717) is 5.56 Å². The number of phenols is 1. The molecule has 0 aromatic heterocycles. The lowest BCUT2D eigenvalue weighted by Crippen LogP contribution is -2.53. The van der Waals surface area contributed by atoms with Gasteiger partial charge in [-0.2, -0.15) is 0 Å². The molecule has 2 rings (SSSR count). The molecule has 1 heterocycles. The summed E-state index contributed by atoms with van der Waals surface area (Å²) in [6.45, 7) is -0.147. The number of benzene rings is 1. The molecule has 0 aliphatic carbocycles. The molecule has 8 nitrogen and oxygen atoms in total. The van der Waals surface area contributed by atoms with Crippen LogP contribution in [0, 0.1) is 0 Å². The number of aliphatic hydroxyl groups excluding tert-OH is 3. The van der Waals surface area contributed by atoms with E-state index >= 15 is 0 Å². The summed E-state index contributed by atoms with van der Waals surface area (Å²) in [6.07, 6.45) is -2.09. The van der Waals surface area contributed by atoms with Crippen molar-refractivity contribution in [2.24, 2.45) is 0 Å². The fourth-order valence-electron chi connectivity index (χ4n) is 2.51. The molecule has 1 unspecified atom stereocenters. The highest BCUT2D eigenvalue weighted by Gasteiger charge is 2.37. The molecular weight excluding hydrogens is 332 g/mol. The van der Waals surface area contributed by atoms with Gasteiger partial charge >= 0.3 is 0 Å². The zero-order chi connectivity index (χ0) is 18.6. The number of ketones is 1. The highest BCUT2D eigenvalue weighted by Crippen LogP contribution is 2.37. The fraction of sp³-hybridized carbons (Fsp3) is 0.471. The molecule has 8 heteroatoms. The summed E-state index contributed by atoms with van der Waals surface area (Å²) in [5, 5.41) is 38.7. The SMILES string of the molecule is COc1cc(C=CC(=O)CC2OC[C@@H](O)[C@H](O)[C@H]2O)cc(OC)c1O. The lowest BCUT2D eigenvalue weighted by atomic mass is 9.96. The van der Waals surface area contributed by atoms with Gasteiger partial charge in [0, 0.05) is 6.42 Å². The Morgan fingerprint density at radius 3 is 2.36 bits per heavy atom. The Labute approximate surface area is 144 Å². The number of hydrogen-bond donors (Lipinski definition) is 4. The van der Waals surface area contributed by atoms with Gasteiger partial charge in [0.15, 0.2) is 17.3 Å². The molecule has 0 radical (unpaired) electrons. The van der Waals surface area contributed by atoms with Crippen LogP contribution in [0.2, 0.25) is 0 Å². The fourth-order valence-corrected chi connectivity index (χ4v) is 2.51. The molecule has 1 aromatic carbocycles. The number of aromatic hydroxyl groups is 1. The lowest BCUT2D eigenvalue weighted by molar-refractivity contribution is -0.188. The van der Waals surface area contributed by atoms with Gasteiger partial charge in [0.05, 0.1) is 26.9 Å². The van der Waals surface area contributed by atoms with E-state index < -0.39 is 24.4 Å². The van der Waals surface area contributed by atoms with Crippen LogP contribution in [-0.2, 0) is 9.53 Å². The summed E-state index contributed by atoms with van der Waals surface area (Å²) in [4.78, 5) is 12.1. The van der Waals surface area contributed by atoms with E-state index in [4.69, 9.17) is 14.2 Å². The number of carbonyl (C=O) groups excluding carboxylic acids is 1. The second kappa shape index (κ2) is 8.30. The minimum atomic E-state index is -1.35. The van der Waals surface area contributed by atoms with Crippen molar-refractivity contribution in [3.05, 3.63) is 23.8 Å². The van der Waals surface area contributed by atoms with Crippen LogP contribution in [0.15, 0.2) is 18.2 Å². The number of methoxy groups -OCH3 is 2. The van der Waals surface area contributed by atoms with E-state index in [1.165, 1.54) is 38.5 Å². The maximum absolute atomic E-state index is 12.1. The van der Waals surface area contributed by atoms with E-state index in [-0.39, 0.29) is 36.1 Å². The Bertz CT molecular complexity index is 617. The van der Waals surface area contributed by atoms with Crippen molar-refractivity contribution in [3.63, 3.8) is 0 Å². The largest absolute Gasteiger partial charge is 0.502 e. The van der Waals surface area contributed by atoms with Gasteiger partial charge in [0.2, 0.25) is 5.75 Å². The number of aliphatic hydroxyl groups is 3. The Balaban J connectivity index is 2.05. The molecule has 1 aliphatic rings. The van der Waals surface area contributed by atoms with Gasteiger partial charge in [-0.1, -0.05) is 6.08 Å². The van der Waals surface area contributed by atoms with Gasteiger partial charge in [0.25, 0.3) is 0 Å². The van der Waals surface area contributed by atoms with Crippen molar-refractivity contribution in [3.8, 4) is 17.2 Å². The van der Waals surface area contributed by atoms with Gasteiger partial charge < -0.3 is 34.6 Å². The molecular formula is C17H22O8. The van der Waals surface area contributed by atoms with Gasteiger partial charge in [-0.25, -0.2) is 0 Å². The van der Waals surface area contributed by atoms with Crippen LogP contribution in [-0.4, -0.2) is 71.5 Å². The topological polar surface area (TPSA) is 126 Å². The van der Waals surface area contributed by atoms with Crippen LogP contribution < -0.4 is 9.47 Å². The predicted octanol–water partition coefficient (Wildman–Crippen LogP) is -0.137. The maximum Gasteiger partial charge on any atom is 0.200 e. The molecule has 1 aromatic rings. The lowest BCUT2D eigenvalue weighted by Gasteiger charge is -2.34. The average Bonchev–Trinajstić information content (AvgIpc) is 2.61. The molecule has 4 atom stereocenters. The van der Waals surface area contributed by atoms with E-state index in [1.54, 1.807) is 0 Å². The first-order valence-electron chi connectivity index (χ1n) is 7.69. The Morgan fingerprint density at radius 2 is 1.80 bits per heavy atom. The van der Waals surface area contributed by atoms with E-state index in [1.807, 2.05) is 0 Å². The van der Waals surface area contributed by atoms with Gasteiger partial charge in [0.1, 0.15) is 18.3 Å². The first kappa shape index (κ1) is 19.2. The maximum atomic E-state index is 12.1. The third-order valence-electron chi connectivity index (χ3n) is 3.97. The predicted molar refractivity (Wildman–Crippen MR) is 87.6 cm³/mol. The number of carbonyl (C=O) groups is 1. The van der Waals surface area contributed by atoms with Crippen LogP contribution in [0.25, 0.3) is 6.08 Å². The Hall–Kier alpha value is -2.13. The third kappa shape index (κ3) is 4.49. The van der Waals surface area contributed by atoms with Gasteiger partial charge in [-0.3, -0.25) is 4.79 Å². The highest BCUT2D eigenvalue weighted by molar-refractivity contribution is 5.94. The van der Waals surface area contributed by atoms with Gasteiger partial charge in [-0.05, 0) is 23.8 Å². The summed E-state index contributed by atoms with van der Waals surface area (Å²) in [5.74, 6) is -0.0670. The van der Waals surface area contributed by atoms with Crippen LogP contribution in [0.3, 0.4) is 0 Å². The van der Waals surface area contributed by atoms with Crippen molar-refractivity contribution in [1.29, 1.82) is 0 Å². The minimum Gasteiger partial charge on any atom is -0.502 e. The number of rotatable bonds is 6. The average molecular weight is 354 g/mol. The van der Waals surface area contributed by atoms with Crippen molar-refractivity contribution in [1.82, 2.24) is 0 Å². The van der Waals surface area contributed by atoms with E-state index in [9.17, 15) is 25.2 Å². The molecule has 138 valence electrons. The van der Waals surface area contributed by atoms with Crippen molar-refractivity contribution in [2.75, 3.05) is 20.8 Å². The number of hydrogen-bond acceptors (Lipinski definition) is 8. The summed E-state index contributed by atoms with van der Waals surface area (Å²) in [7, 11) is 2.79. The van der Waals surface area contributed by atoms with Gasteiger partial charge in [-0.15, -0.1) is 0 Å². The molecule has 1 fully saturated rings. The first-order chi connectivity index (χ1) is 11.9. The molecule has 1 saturated heterocycles. The second-order valence-electron chi connectivity index (χ2n) is 5.70.